The van der Waals surface area contributed by atoms with Gasteiger partial charge in [0, 0.05) is 6.61 Å². The van der Waals surface area contributed by atoms with E-state index in [1.165, 1.54) is 19.3 Å². The fourth-order valence-corrected chi connectivity index (χ4v) is 1.45. The zero-order chi connectivity index (χ0) is 14.9. The number of carboxylic acid groups (broad SMARTS) is 1. The van der Waals surface area contributed by atoms with Crippen LogP contribution in [0.1, 0.15) is 32.6 Å². The summed E-state index contributed by atoms with van der Waals surface area (Å²) in [5.41, 5.74) is 0. The third-order valence-electron chi connectivity index (χ3n) is 2.48. The molecule has 120 valence electrons. The summed E-state index contributed by atoms with van der Waals surface area (Å²) in [6.45, 7) is 5.56. The molecular formula is C14H28O6. The van der Waals surface area contributed by atoms with Crippen LogP contribution in [0.2, 0.25) is 0 Å². The van der Waals surface area contributed by atoms with Crippen molar-refractivity contribution in [2.24, 2.45) is 0 Å². The highest BCUT2D eigenvalue weighted by Gasteiger charge is 1.96. The van der Waals surface area contributed by atoms with Crippen molar-refractivity contribution in [3.8, 4) is 0 Å². The molecule has 6 heteroatoms. The Morgan fingerprint density at radius 3 is 1.75 bits per heavy atom. The van der Waals surface area contributed by atoms with E-state index < -0.39 is 5.97 Å². The molecule has 0 atom stereocenters. The minimum Gasteiger partial charge on any atom is -0.480 e. The van der Waals surface area contributed by atoms with Gasteiger partial charge in [-0.05, 0) is 6.42 Å². The van der Waals surface area contributed by atoms with Crippen LogP contribution in [-0.2, 0) is 23.7 Å². The highest BCUT2D eigenvalue weighted by atomic mass is 16.6. The molecule has 0 bridgehead atoms. The summed E-state index contributed by atoms with van der Waals surface area (Å²) in [5.74, 6) is -0.969. The number of ether oxygens (including phenoxy) is 4. The maximum Gasteiger partial charge on any atom is 0.329 e. The quantitative estimate of drug-likeness (QED) is 0.437. The Balaban J connectivity index is 2.94. The van der Waals surface area contributed by atoms with Crippen molar-refractivity contribution in [2.75, 3.05) is 52.9 Å². The van der Waals surface area contributed by atoms with E-state index in [1.807, 2.05) is 0 Å². The molecule has 0 saturated carbocycles. The standard InChI is InChI=1S/C14H28O6/c1-2-3-4-5-6-17-7-8-18-9-10-19-11-12-20-13-14(15)16/h2-13H2,1H3,(H,15,16). The van der Waals surface area contributed by atoms with Crippen molar-refractivity contribution < 1.29 is 28.8 Å². The molecule has 0 aliphatic rings. The third kappa shape index (κ3) is 17.3. The Kier molecular flexibility index (Phi) is 15.8. The van der Waals surface area contributed by atoms with E-state index in [2.05, 4.69) is 6.92 Å². The van der Waals surface area contributed by atoms with E-state index in [1.54, 1.807) is 0 Å². The average molecular weight is 292 g/mol. The first-order valence-corrected chi connectivity index (χ1v) is 7.30. The highest BCUT2D eigenvalue weighted by Crippen LogP contribution is 1.98. The molecule has 0 amide bonds. The van der Waals surface area contributed by atoms with E-state index in [-0.39, 0.29) is 13.2 Å². The van der Waals surface area contributed by atoms with Crippen LogP contribution in [0, 0.1) is 0 Å². The molecule has 0 unspecified atom stereocenters. The second-order valence-corrected chi connectivity index (χ2v) is 4.34. The van der Waals surface area contributed by atoms with Gasteiger partial charge in [0.15, 0.2) is 0 Å². The number of unbranched alkanes of at least 4 members (excludes halogenated alkanes) is 3. The van der Waals surface area contributed by atoms with Crippen LogP contribution in [0.3, 0.4) is 0 Å². The normalized spacial score (nSPS) is 10.8. The Bertz CT molecular complexity index is 210. The average Bonchev–Trinajstić information content (AvgIpc) is 2.43. The molecule has 0 aliphatic heterocycles. The van der Waals surface area contributed by atoms with Gasteiger partial charge < -0.3 is 24.1 Å². The number of hydrogen-bond donors (Lipinski definition) is 1. The summed E-state index contributed by atoms with van der Waals surface area (Å²) in [6, 6.07) is 0. The molecule has 0 aromatic carbocycles. The van der Waals surface area contributed by atoms with Crippen LogP contribution in [0.25, 0.3) is 0 Å². The number of hydrogen-bond acceptors (Lipinski definition) is 5. The van der Waals surface area contributed by atoms with Crippen molar-refractivity contribution in [3.05, 3.63) is 0 Å². The third-order valence-corrected chi connectivity index (χ3v) is 2.48. The topological polar surface area (TPSA) is 74.2 Å². The lowest BCUT2D eigenvalue weighted by Crippen LogP contribution is -2.14. The molecule has 1 N–H and O–H groups in total. The van der Waals surface area contributed by atoms with Crippen molar-refractivity contribution in [1.29, 1.82) is 0 Å². The second-order valence-electron chi connectivity index (χ2n) is 4.34. The van der Waals surface area contributed by atoms with Crippen molar-refractivity contribution in [3.63, 3.8) is 0 Å². The maximum absolute atomic E-state index is 10.1. The lowest BCUT2D eigenvalue weighted by molar-refractivity contribution is -0.142. The molecule has 0 saturated heterocycles. The van der Waals surface area contributed by atoms with Gasteiger partial charge in [0.25, 0.3) is 0 Å². The maximum atomic E-state index is 10.1. The number of carboxylic acids is 1. The molecule has 0 spiro atoms. The number of carbonyl (C=O) groups is 1. The molecule has 20 heavy (non-hydrogen) atoms. The van der Waals surface area contributed by atoms with Crippen LogP contribution in [0.4, 0.5) is 0 Å². The monoisotopic (exact) mass is 292 g/mol. The second kappa shape index (κ2) is 16.4. The van der Waals surface area contributed by atoms with E-state index in [9.17, 15) is 4.79 Å². The fraction of sp³-hybridized carbons (Fsp3) is 0.929. The molecule has 0 rings (SSSR count). The first-order valence-electron chi connectivity index (χ1n) is 7.30. The summed E-state index contributed by atoms with van der Waals surface area (Å²) in [4.78, 5) is 10.1. The van der Waals surface area contributed by atoms with Gasteiger partial charge in [-0.25, -0.2) is 4.79 Å². The Hall–Kier alpha value is -0.690. The Labute approximate surface area is 121 Å². The molecule has 0 aromatic heterocycles. The van der Waals surface area contributed by atoms with Crippen LogP contribution < -0.4 is 0 Å². The first kappa shape index (κ1) is 19.3. The lowest BCUT2D eigenvalue weighted by Gasteiger charge is -2.07. The molecule has 0 heterocycles. The summed E-state index contributed by atoms with van der Waals surface area (Å²) in [5, 5.41) is 8.32. The minimum absolute atomic E-state index is 0.282. The van der Waals surface area contributed by atoms with Gasteiger partial charge in [0.2, 0.25) is 0 Å². The fourth-order valence-electron chi connectivity index (χ4n) is 1.45. The summed E-state index contributed by atoms with van der Waals surface area (Å²) in [6.07, 6.45) is 4.86. The lowest BCUT2D eigenvalue weighted by atomic mass is 10.2. The molecular weight excluding hydrogens is 264 g/mol. The summed E-state index contributed by atoms with van der Waals surface area (Å²) >= 11 is 0. The van der Waals surface area contributed by atoms with Crippen molar-refractivity contribution >= 4 is 5.97 Å². The van der Waals surface area contributed by atoms with Crippen molar-refractivity contribution in [2.45, 2.75) is 32.6 Å². The largest absolute Gasteiger partial charge is 0.480 e. The summed E-state index contributed by atoms with van der Waals surface area (Å²) < 4.78 is 20.8. The Morgan fingerprint density at radius 2 is 1.25 bits per heavy atom. The van der Waals surface area contributed by atoms with Gasteiger partial charge in [-0.15, -0.1) is 0 Å². The SMILES string of the molecule is CCCCCCOCCOCCOCCOCC(=O)O. The van der Waals surface area contributed by atoms with E-state index in [0.717, 1.165) is 13.0 Å². The molecule has 0 aliphatic carbocycles. The predicted molar refractivity (Wildman–Crippen MR) is 75.1 cm³/mol. The first-order chi connectivity index (χ1) is 9.77. The zero-order valence-electron chi connectivity index (χ0n) is 12.5. The van der Waals surface area contributed by atoms with Crippen LogP contribution in [0.15, 0.2) is 0 Å². The van der Waals surface area contributed by atoms with Gasteiger partial charge in [0.05, 0.1) is 39.6 Å². The molecule has 0 aromatic rings. The van der Waals surface area contributed by atoms with Gasteiger partial charge in [-0.1, -0.05) is 26.2 Å². The van der Waals surface area contributed by atoms with E-state index in [0.29, 0.717) is 33.0 Å². The number of aliphatic carboxylic acids is 1. The van der Waals surface area contributed by atoms with Crippen LogP contribution in [-0.4, -0.2) is 63.9 Å². The highest BCUT2D eigenvalue weighted by molar-refractivity contribution is 5.67. The molecule has 6 nitrogen and oxygen atoms in total. The van der Waals surface area contributed by atoms with Crippen LogP contribution >= 0.6 is 0 Å². The van der Waals surface area contributed by atoms with E-state index >= 15 is 0 Å². The van der Waals surface area contributed by atoms with E-state index in [4.69, 9.17) is 24.1 Å². The van der Waals surface area contributed by atoms with Gasteiger partial charge >= 0.3 is 5.97 Å². The molecule has 0 radical (unpaired) electrons. The smallest absolute Gasteiger partial charge is 0.329 e. The predicted octanol–water partition coefficient (Wildman–Crippen LogP) is 1.72. The van der Waals surface area contributed by atoms with Crippen LogP contribution in [0.5, 0.6) is 0 Å². The number of rotatable bonds is 16. The minimum atomic E-state index is -0.969. The zero-order valence-corrected chi connectivity index (χ0v) is 12.5. The van der Waals surface area contributed by atoms with Gasteiger partial charge in [0.1, 0.15) is 6.61 Å². The van der Waals surface area contributed by atoms with Gasteiger partial charge in [-0.3, -0.25) is 0 Å². The summed E-state index contributed by atoms with van der Waals surface area (Å²) in [7, 11) is 0. The van der Waals surface area contributed by atoms with Gasteiger partial charge in [-0.2, -0.15) is 0 Å². The molecule has 0 fully saturated rings. The Morgan fingerprint density at radius 1 is 0.750 bits per heavy atom. The van der Waals surface area contributed by atoms with Crippen molar-refractivity contribution in [1.82, 2.24) is 0 Å².